The summed E-state index contributed by atoms with van der Waals surface area (Å²) in [6.45, 7) is 0. The van der Waals surface area contributed by atoms with E-state index in [1.807, 2.05) is 0 Å². The minimum atomic E-state index is -3.75. The molecule has 2 aromatic carbocycles. The number of cyclic esters (lactones) is 1. The molecular formula is C18H13BrClNO6S. The average molecular weight is 487 g/mol. The second-order valence-corrected chi connectivity index (χ2v) is 8.53. The third kappa shape index (κ3) is 4.73. The zero-order valence-electron chi connectivity index (χ0n) is 14.6. The van der Waals surface area contributed by atoms with E-state index in [2.05, 4.69) is 20.9 Å². The van der Waals surface area contributed by atoms with Gasteiger partial charge in [-0.1, -0.05) is 11.6 Å². The van der Waals surface area contributed by atoms with E-state index in [0.29, 0.717) is 20.6 Å². The van der Waals surface area contributed by atoms with Crippen LogP contribution in [0.15, 0.2) is 51.6 Å². The maximum absolute atomic E-state index is 12.1. The second-order valence-electron chi connectivity index (χ2n) is 5.66. The molecule has 0 radical (unpaired) electrons. The molecule has 0 saturated carbocycles. The molecular weight excluding hydrogens is 474 g/mol. The van der Waals surface area contributed by atoms with Crippen molar-refractivity contribution in [1.82, 2.24) is 0 Å². The van der Waals surface area contributed by atoms with Crippen LogP contribution in [0.5, 0.6) is 11.5 Å². The Morgan fingerprint density at radius 1 is 1.21 bits per heavy atom. The molecule has 1 aliphatic rings. The van der Waals surface area contributed by atoms with E-state index in [9.17, 15) is 13.2 Å². The Balaban J connectivity index is 1.97. The summed E-state index contributed by atoms with van der Waals surface area (Å²) in [5.41, 5.74) is 1.21. The van der Waals surface area contributed by atoms with Crippen molar-refractivity contribution in [2.45, 2.75) is 0 Å². The van der Waals surface area contributed by atoms with E-state index >= 15 is 0 Å². The lowest BCUT2D eigenvalue weighted by atomic mass is 10.1. The van der Waals surface area contributed by atoms with Crippen LogP contribution in [-0.2, 0) is 19.6 Å². The van der Waals surface area contributed by atoms with Crippen molar-refractivity contribution in [3.8, 4) is 11.5 Å². The lowest BCUT2D eigenvalue weighted by molar-refractivity contribution is -0.129. The van der Waals surface area contributed by atoms with Crippen molar-refractivity contribution in [3.63, 3.8) is 0 Å². The van der Waals surface area contributed by atoms with Gasteiger partial charge in [0.15, 0.2) is 17.2 Å². The Morgan fingerprint density at radius 3 is 2.50 bits per heavy atom. The molecule has 146 valence electrons. The lowest BCUT2D eigenvalue weighted by Crippen LogP contribution is -2.07. The molecule has 0 aromatic heterocycles. The van der Waals surface area contributed by atoms with Gasteiger partial charge in [0.25, 0.3) is 0 Å². The molecule has 0 unspecified atom stereocenters. The summed E-state index contributed by atoms with van der Waals surface area (Å²) >= 11 is 9.10. The number of halogens is 2. The van der Waals surface area contributed by atoms with Gasteiger partial charge in [0.05, 0.1) is 17.8 Å². The van der Waals surface area contributed by atoms with E-state index in [1.165, 1.54) is 19.3 Å². The molecule has 0 fully saturated rings. The molecule has 0 amide bonds. The molecule has 1 aliphatic heterocycles. The average Bonchev–Trinajstić information content (AvgIpc) is 2.97. The number of rotatable bonds is 5. The van der Waals surface area contributed by atoms with Crippen molar-refractivity contribution >= 4 is 55.6 Å². The van der Waals surface area contributed by atoms with Gasteiger partial charge in [-0.2, -0.15) is 8.42 Å². The summed E-state index contributed by atoms with van der Waals surface area (Å²) in [5.74, 6) is -0.279. The number of methoxy groups -OCH3 is 1. The molecule has 7 nitrogen and oxygen atoms in total. The third-order valence-electron chi connectivity index (χ3n) is 3.50. The fraction of sp³-hybridized carbons (Fsp3) is 0.111. The number of carbonyl (C=O) groups excluding carboxylic acids is 1. The Morgan fingerprint density at radius 2 is 1.89 bits per heavy atom. The number of esters is 1. The van der Waals surface area contributed by atoms with E-state index < -0.39 is 16.1 Å². The highest BCUT2D eigenvalue weighted by Gasteiger charge is 2.24. The molecule has 3 rings (SSSR count). The molecule has 0 aliphatic carbocycles. The Kier molecular flexibility index (Phi) is 5.78. The standard InChI is InChI=1S/C18H13BrClNO6S/c1-25-15-9-10(7-13(19)16(15)27-28(2,23)24)8-14-18(22)26-17(21-14)11-3-5-12(20)6-4-11/h3-9H,1-2H3. The number of hydrogen-bond donors (Lipinski definition) is 0. The first-order valence-electron chi connectivity index (χ1n) is 7.72. The molecule has 0 bridgehead atoms. The fourth-order valence-corrected chi connectivity index (χ4v) is 3.59. The molecule has 0 N–H and O–H groups in total. The minimum Gasteiger partial charge on any atom is -0.493 e. The summed E-state index contributed by atoms with van der Waals surface area (Å²) in [6.07, 6.45) is 2.42. The number of hydrogen-bond acceptors (Lipinski definition) is 7. The van der Waals surface area contributed by atoms with Crippen LogP contribution in [0.2, 0.25) is 5.02 Å². The van der Waals surface area contributed by atoms with Crippen molar-refractivity contribution in [1.29, 1.82) is 0 Å². The Labute approximate surface area is 174 Å². The first-order chi connectivity index (χ1) is 13.2. The van der Waals surface area contributed by atoms with E-state index in [1.54, 1.807) is 30.3 Å². The molecule has 28 heavy (non-hydrogen) atoms. The summed E-state index contributed by atoms with van der Waals surface area (Å²) in [4.78, 5) is 16.4. The van der Waals surface area contributed by atoms with Gasteiger partial charge in [-0.25, -0.2) is 9.79 Å². The molecule has 2 aromatic rings. The highest BCUT2D eigenvalue weighted by Crippen LogP contribution is 2.38. The number of nitrogens with zero attached hydrogens (tertiary/aromatic N) is 1. The fourth-order valence-electron chi connectivity index (χ4n) is 2.34. The van der Waals surface area contributed by atoms with Crippen LogP contribution in [0.1, 0.15) is 11.1 Å². The predicted octanol–water partition coefficient (Wildman–Crippen LogP) is 3.79. The van der Waals surface area contributed by atoms with Gasteiger partial charge in [0, 0.05) is 10.6 Å². The van der Waals surface area contributed by atoms with Gasteiger partial charge in [-0.05, 0) is 64.0 Å². The SMILES string of the molecule is COc1cc(C=C2N=C(c3ccc(Cl)cc3)OC2=O)cc(Br)c1OS(C)(=O)=O. The van der Waals surface area contributed by atoms with Crippen LogP contribution in [0.25, 0.3) is 6.08 Å². The lowest BCUT2D eigenvalue weighted by Gasteiger charge is -2.11. The third-order valence-corrected chi connectivity index (χ3v) is 4.81. The first-order valence-corrected chi connectivity index (χ1v) is 10.7. The molecule has 0 atom stereocenters. The number of carbonyl (C=O) groups is 1. The topological polar surface area (TPSA) is 91.3 Å². The molecule has 0 spiro atoms. The highest BCUT2D eigenvalue weighted by atomic mass is 79.9. The van der Waals surface area contributed by atoms with Gasteiger partial charge in [0.2, 0.25) is 5.90 Å². The normalized spacial score (nSPS) is 15.4. The minimum absolute atomic E-state index is 0.00602. The second kappa shape index (κ2) is 7.94. The van der Waals surface area contributed by atoms with Crippen molar-refractivity contribution in [2.75, 3.05) is 13.4 Å². The highest BCUT2D eigenvalue weighted by molar-refractivity contribution is 9.10. The Bertz CT molecular complexity index is 1110. The van der Waals surface area contributed by atoms with Crippen LogP contribution in [0.4, 0.5) is 0 Å². The summed E-state index contributed by atoms with van der Waals surface area (Å²) in [6, 6.07) is 9.79. The van der Waals surface area contributed by atoms with Gasteiger partial charge < -0.3 is 13.7 Å². The maximum atomic E-state index is 12.1. The summed E-state index contributed by atoms with van der Waals surface area (Å²) in [5, 5.41) is 0.554. The smallest absolute Gasteiger partial charge is 0.363 e. The van der Waals surface area contributed by atoms with E-state index in [-0.39, 0.29) is 23.1 Å². The number of aliphatic imine (C=N–C) groups is 1. The zero-order valence-corrected chi connectivity index (χ0v) is 17.8. The molecule has 0 saturated heterocycles. The number of benzene rings is 2. The van der Waals surface area contributed by atoms with Crippen LogP contribution < -0.4 is 8.92 Å². The quantitative estimate of drug-likeness (QED) is 0.363. The van der Waals surface area contributed by atoms with Crippen LogP contribution >= 0.6 is 27.5 Å². The van der Waals surface area contributed by atoms with E-state index in [0.717, 1.165) is 6.26 Å². The Hall–Kier alpha value is -2.36. The van der Waals surface area contributed by atoms with Crippen LogP contribution in [0, 0.1) is 0 Å². The van der Waals surface area contributed by atoms with Gasteiger partial charge in [0.1, 0.15) is 0 Å². The molecule has 1 heterocycles. The maximum Gasteiger partial charge on any atom is 0.363 e. The monoisotopic (exact) mass is 485 g/mol. The van der Waals surface area contributed by atoms with Gasteiger partial charge in [-0.3, -0.25) is 0 Å². The summed E-state index contributed by atoms with van der Waals surface area (Å²) in [7, 11) is -2.38. The van der Waals surface area contributed by atoms with Crippen molar-refractivity contribution in [3.05, 3.63) is 62.7 Å². The predicted molar refractivity (Wildman–Crippen MR) is 108 cm³/mol. The zero-order chi connectivity index (χ0) is 20.5. The van der Waals surface area contributed by atoms with Gasteiger partial charge >= 0.3 is 16.1 Å². The van der Waals surface area contributed by atoms with Gasteiger partial charge in [-0.15, -0.1) is 0 Å². The number of ether oxygens (including phenoxy) is 2. The van der Waals surface area contributed by atoms with Crippen molar-refractivity contribution < 1.29 is 26.9 Å². The summed E-state index contributed by atoms with van der Waals surface area (Å²) < 4.78 is 38.5. The largest absolute Gasteiger partial charge is 0.493 e. The van der Waals surface area contributed by atoms with Crippen molar-refractivity contribution in [2.24, 2.45) is 4.99 Å². The first kappa shape index (κ1) is 20.4. The molecule has 10 heteroatoms. The van der Waals surface area contributed by atoms with Crippen LogP contribution in [0.3, 0.4) is 0 Å². The van der Waals surface area contributed by atoms with Crippen LogP contribution in [-0.4, -0.2) is 33.7 Å². The van der Waals surface area contributed by atoms with E-state index in [4.69, 9.17) is 25.3 Å².